The molecule has 3 fully saturated rings. The lowest BCUT2D eigenvalue weighted by atomic mass is 9.58. The van der Waals surface area contributed by atoms with E-state index in [1.165, 1.54) is 0 Å². The second-order valence-electron chi connectivity index (χ2n) is 7.26. The Bertz CT molecular complexity index is 646. The van der Waals surface area contributed by atoms with Gasteiger partial charge in [-0.25, -0.2) is 4.79 Å². The van der Waals surface area contributed by atoms with Crippen LogP contribution in [0.4, 0.5) is 0 Å². The molecule has 1 aliphatic carbocycles. The van der Waals surface area contributed by atoms with E-state index in [2.05, 4.69) is 0 Å². The van der Waals surface area contributed by atoms with Gasteiger partial charge in [0.15, 0.2) is 0 Å². The predicted octanol–water partition coefficient (Wildman–Crippen LogP) is 2.81. The molecule has 0 spiro atoms. The zero-order valence-corrected chi connectivity index (χ0v) is 13.9. The molecule has 4 atom stereocenters. The molecule has 1 aromatic carbocycles. The molecule has 2 bridgehead atoms. The number of ether oxygens (including phenoxy) is 1. The Kier molecular flexibility index (Phi) is 3.83. The maximum atomic E-state index is 12.6. The predicted molar refractivity (Wildman–Crippen MR) is 86.9 cm³/mol. The molecule has 0 aromatic heterocycles. The summed E-state index contributed by atoms with van der Waals surface area (Å²) >= 11 is 0. The van der Waals surface area contributed by atoms with E-state index in [4.69, 9.17) is 9.57 Å². The van der Waals surface area contributed by atoms with Crippen molar-refractivity contribution in [2.24, 2.45) is 17.3 Å². The van der Waals surface area contributed by atoms with Crippen molar-refractivity contribution >= 4 is 11.9 Å². The van der Waals surface area contributed by atoms with Gasteiger partial charge in [0.2, 0.25) is 0 Å². The van der Waals surface area contributed by atoms with Crippen LogP contribution in [0.15, 0.2) is 30.3 Å². The molecular weight excluding hydrogens is 306 g/mol. The normalized spacial score (nSPS) is 35.2. The summed E-state index contributed by atoms with van der Waals surface area (Å²) in [4.78, 5) is 30.7. The number of fused-ring (bicyclic) bond motifs is 1. The Labute approximate surface area is 141 Å². The highest BCUT2D eigenvalue weighted by Crippen LogP contribution is 2.53. The second kappa shape index (κ2) is 5.88. The number of carbonyl (C=O) groups is 2. The molecule has 2 unspecified atom stereocenters. The summed E-state index contributed by atoms with van der Waals surface area (Å²) in [5, 5.41) is 1.76. The van der Waals surface area contributed by atoms with Gasteiger partial charge in [0.05, 0.1) is 24.1 Å². The van der Waals surface area contributed by atoms with Crippen LogP contribution in [0.2, 0.25) is 0 Å². The Morgan fingerprint density at radius 2 is 2.12 bits per heavy atom. The van der Waals surface area contributed by atoms with Crippen molar-refractivity contribution in [3.8, 4) is 0 Å². The van der Waals surface area contributed by atoms with Gasteiger partial charge in [-0.2, -0.15) is 0 Å². The number of cyclic esters (lactones) is 1. The Hall–Kier alpha value is -1.88. The molecule has 4 rings (SSSR count). The van der Waals surface area contributed by atoms with Gasteiger partial charge in [-0.05, 0) is 49.7 Å². The molecule has 5 nitrogen and oxygen atoms in total. The van der Waals surface area contributed by atoms with Crippen molar-refractivity contribution in [2.75, 3.05) is 13.2 Å². The Balaban J connectivity index is 1.58. The van der Waals surface area contributed by atoms with Crippen LogP contribution in [0.3, 0.4) is 0 Å². The van der Waals surface area contributed by atoms with E-state index in [9.17, 15) is 9.59 Å². The molecule has 0 amide bonds. The van der Waals surface area contributed by atoms with Crippen LogP contribution >= 0.6 is 0 Å². The van der Waals surface area contributed by atoms with Crippen molar-refractivity contribution < 1.29 is 19.2 Å². The van der Waals surface area contributed by atoms with Crippen molar-refractivity contribution in [2.45, 2.75) is 38.6 Å². The summed E-state index contributed by atoms with van der Waals surface area (Å²) in [6.07, 6.45) is 3.65. The molecule has 5 heteroatoms. The number of benzene rings is 1. The van der Waals surface area contributed by atoms with E-state index in [0.29, 0.717) is 30.6 Å². The molecule has 128 valence electrons. The molecule has 0 radical (unpaired) electrons. The molecule has 2 saturated heterocycles. The largest absolute Gasteiger partial charge is 0.465 e. The van der Waals surface area contributed by atoms with E-state index < -0.39 is 5.41 Å². The van der Waals surface area contributed by atoms with E-state index in [1.54, 1.807) is 17.2 Å². The highest BCUT2D eigenvalue weighted by Gasteiger charge is 2.59. The van der Waals surface area contributed by atoms with Crippen LogP contribution in [0.5, 0.6) is 0 Å². The van der Waals surface area contributed by atoms with E-state index in [1.807, 2.05) is 25.1 Å². The summed E-state index contributed by atoms with van der Waals surface area (Å²) in [5.41, 5.74) is 0.00153. The third kappa shape index (κ3) is 2.34. The molecule has 2 aliphatic heterocycles. The van der Waals surface area contributed by atoms with E-state index in [-0.39, 0.29) is 18.0 Å². The first-order valence-electron chi connectivity index (χ1n) is 8.85. The summed E-state index contributed by atoms with van der Waals surface area (Å²) < 4.78 is 5.50. The molecule has 0 N–H and O–H groups in total. The number of nitrogens with zero attached hydrogens (tertiary/aromatic N) is 1. The van der Waals surface area contributed by atoms with Gasteiger partial charge in [-0.1, -0.05) is 25.1 Å². The van der Waals surface area contributed by atoms with Crippen molar-refractivity contribution in [1.29, 1.82) is 0 Å². The Morgan fingerprint density at radius 1 is 1.33 bits per heavy atom. The fraction of sp³-hybridized carbons (Fsp3) is 0.579. The standard InChI is InChI=1S/C19H23NO4/c1-2-19-12-20(24-17(21)13-6-4-3-5-7-13)15-9-8-14(16(19)10-15)11-23-18(19)22/h3-7,14-16H,2,8-12H2,1H3/t14?,15-,16?,19+/m0/s1. The molecule has 3 aliphatic rings. The molecule has 24 heavy (non-hydrogen) atoms. The highest BCUT2D eigenvalue weighted by molar-refractivity contribution is 5.89. The van der Waals surface area contributed by atoms with Gasteiger partial charge < -0.3 is 9.57 Å². The van der Waals surface area contributed by atoms with Crippen LogP contribution in [-0.2, 0) is 14.4 Å². The van der Waals surface area contributed by atoms with Crippen molar-refractivity contribution in [3.63, 3.8) is 0 Å². The lowest BCUT2D eigenvalue weighted by Crippen LogP contribution is -2.63. The fourth-order valence-electron chi connectivity index (χ4n) is 4.77. The SMILES string of the molecule is CC[C@]12CN(OC(=O)c3ccccc3)[C@H]3CCC(COC1=O)C2C3. The minimum Gasteiger partial charge on any atom is -0.465 e. The first-order chi connectivity index (χ1) is 11.6. The van der Waals surface area contributed by atoms with Gasteiger partial charge >= 0.3 is 11.9 Å². The molecule has 2 heterocycles. The Morgan fingerprint density at radius 3 is 2.88 bits per heavy atom. The average molecular weight is 329 g/mol. The highest BCUT2D eigenvalue weighted by atomic mass is 16.7. The zero-order chi connectivity index (χ0) is 16.7. The summed E-state index contributed by atoms with van der Waals surface area (Å²) in [6, 6.07) is 9.21. The topological polar surface area (TPSA) is 55.8 Å². The average Bonchev–Trinajstić information content (AvgIpc) is 2.63. The van der Waals surface area contributed by atoms with Crippen LogP contribution in [0, 0.1) is 17.3 Å². The summed E-state index contributed by atoms with van der Waals surface area (Å²) in [6.45, 7) is 3.05. The number of hydroxylamine groups is 2. The van der Waals surface area contributed by atoms with Crippen LogP contribution in [-0.4, -0.2) is 36.2 Å². The third-order valence-corrected chi connectivity index (χ3v) is 6.20. The number of esters is 1. The van der Waals surface area contributed by atoms with Gasteiger partial charge in [-0.15, -0.1) is 5.06 Å². The molecule has 1 aromatic rings. The van der Waals surface area contributed by atoms with E-state index in [0.717, 1.165) is 25.7 Å². The van der Waals surface area contributed by atoms with Crippen LogP contribution in [0.1, 0.15) is 43.0 Å². The third-order valence-electron chi connectivity index (χ3n) is 6.20. The van der Waals surface area contributed by atoms with Crippen molar-refractivity contribution in [3.05, 3.63) is 35.9 Å². The number of hydrogen-bond donors (Lipinski definition) is 0. The van der Waals surface area contributed by atoms with Gasteiger partial charge in [0.1, 0.15) is 0 Å². The maximum absolute atomic E-state index is 12.6. The van der Waals surface area contributed by atoms with Gasteiger partial charge in [0.25, 0.3) is 0 Å². The maximum Gasteiger partial charge on any atom is 0.357 e. The number of carbonyl (C=O) groups excluding carboxylic acids is 2. The van der Waals surface area contributed by atoms with Gasteiger partial charge in [-0.3, -0.25) is 4.79 Å². The fourth-order valence-corrected chi connectivity index (χ4v) is 4.77. The first-order valence-corrected chi connectivity index (χ1v) is 8.85. The number of piperidine rings is 1. The summed E-state index contributed by atoms with van der Waals surface area (Å²) in [7, 11) is 0. The van der Waals surface area contributed by atoms with E-state index >= 15 is 0 Å². The monoisotopic (exact) mass is 329 g/mol. The van der Waals surface area contributed by atoms with Crippen molar-refractivity contribution in [1.82, 2.24) is 5.06 Å². The first kappa shape index (κ1) is 15.6. The summed E-state index contributed by atoms with van der Waals surface area (Å²) in [5.74, 6) is 0.346. The van der Waals surface area contributed by atoms with Crippen LogP contribution < -0.4 is 0 Å². The zero-order valence-electron chi connectivity index (χ0n) is 13.9. The quantitative estimate of drug-likeness (QED) is 0.798. The lowest BCUT2D eigenvalue weighted by molar-refractivity contribution is -0.239. The van der Waals surface area contributed by atoms with Gasteiger partial charge in [0, 0.05) is 6.04 Å². The lowest BCUT2D eigenvalue weighted by Gasteiger charge is -2.56. The second-order valence-corrected chi connectivity index (χ2v) is 7.26. The molecular formula is C19H23NO4. The minimum absolute atomic E-state index is 0.118. The van der Waals surface area contributed by atoms with Crippen LogP contribution in [0.25, 0.3) is 0 Å². The molecule has 1 saturated carbocycles. The number of rotatable bonds is 3. The smallest absolute Gasteiger partial charge is 0.357 e. The number of hydrogen-bond acceptors (Lipinski definition) is 5. The minimum atomic E-state index is -0.531.